The summed E-state index contributed by atoms with van der Waals surface area (Å²) in [7, 11) is 2.21. The topological polar surface area (TPSA) is 24.5 Å². The lowest BCUT2D eigenvalue weighted by atomic mass is 10.1. The number of thiophene rings is 1. The molecule has 1 aromatic rings. The largest absolute Gasteiger partial charge is 0.374 e. The van der Waals surface area contributed by atoms with E-state index >= 15 is 0 Å². The average Bonchev–Trinajstić information content (AvgIpc) is 2.87. The van der Waals surface area contributed by atoms with Crippen LogP contribution in [0.2, 0.25) is 0 Å². The Morgan fingerprint density at radius 3 is 2.95 bits per heavy atom. The quantitative estimate of drug-likeness (QED) is 0.812. The van der Waals surface area contributed by atoms with Crippen molar-refractivity contribution in [3.63, 3.8) is 0 Å². The van der Waals surface area contributed by atoms with Crippen molar-refractivity contribution in [2.45, 2.75) is 38.8 Å². The summed E-state index contributed by atoms with van der Waals surface area (Å²) < 4.78 is 6.01. The molecule has 1 N–H and O–H groups in total. The van der Waals surface area contributed by atoms with E-state index in [4.69, 9.17) is 4.74 Å². The lowest BCUT2D eigenvalue weighted by Gasteiger charge is -2.38. The third-order valence-corrected chi connectivity index (χ3v) is 5.00. The number of hydrogen-bond acceptors (Lipinski definition) is 4. The Bertz CT molecular complexity index is 380. The third kappa shape index (κ3) is 3.78. The van der Waals surface area contributed by atoms with Crippen LogP contribution in [-0.2, 0) is 11.2 Å². The maximum Gasteiger partial charge on any atom is 0.0904 e. The van der Waals surface area contributed by atoms with Crippen molar-refractivity contribution < 1.29 is 4.74 Å². The van der Waals surface area contributed by atoms with E-state index in [1.165, 1.54) is 16.2 Å². The molecule has 4 heteroatoms. The van der Waals surface area contributed by atoms with Crippen LogP contribution in [0.5, 0.6) is 0 Å². The molecule has 0 bridgehead atoms. The Balaban J connectivity index is 2.06. The van der Waals surface area contributed by atoms with Gasteiger partial charge >= 0.3 is 0 Å². The molecule has 2 unspecified atom stereocenters. The number of rotatable bonds is 6. The summed E-state index contributed by atoms with van der Waals surface area (Å²) in [5.74, 6) is 0. The molecule has 3 nitrogen and oxygen atoms in total. The molecule has 1 aliphatic heterocycles. The first-order valence-corrected chi connectivity index (χ1v) is 8.19. The summed E-state index contributed by atoms with van der Waals surface area (Å²) >= 11 is 1.94. The van der Waals surface area contributed by atoms with Crippen LogP contribution in [0.25, 0.3) is 0 Å². The minimum absolute atomic E-state index is 0.272. The second-order valence-electron chi connectivity index (χ2n) is 5.20. The van der Waals surface area contributed by atoms with Gasteiger partial charge < -0.3 is 10.1 Å². The van der Waals surface area contributed by atoms with Gasteiger partial charge in [0.2, 0.25) is 0 Å². The molecule has 2 rings (SSSR count). The second-order valence-corrected chi connectivity index (χ2v) is 6.40. The number of nitrogens with one attached hydrogen (secondary N) is 1. The fraction of sp³-hybridized carbons (Fsp3) is 0.733. The minimum atomic E-state index is 0.272. The van der Waals surface area contributed by atoms with Crippen molar-refractivity contribution in [2.24, 2.45) is 0 Å². The van der Waals surface area contributed by atoms with Gasteiger partial charge in [0.15, 0.2) is 0 Å². The number of likely N-dealkylation sites (N-methyl/N-ethyl adjacent to an activating group) is 1. The SMILES string of the molecule is CCCNCC1OCCN(C)C1c1ccc(CC)s1. The van der Waals surface area contributed by atoms with Crippen molar-refractivity contribution >= 4 is 11.3 Å². The average molecular weight is 282 g/mol. The Kier molecular flexibility index (Phi) is 5.82. The van der Waals surface area contributed by atoms with Gasteiger partial charge in [-0.3, -0.25) is 4.90 Å². The summed E-state index contributed by atoms with van der Waals surface area (Å²) in [6, 6.07) is 4.95. The van der Waals surface area contributed by atoms with E-state index in [1.54, 1.807) is 0 Å². The fourth-order valence-corrected chi connectivity index (χ4v) is 3.77. The highest BCUT2D eigenvalue weighted by Gasteiger charge is 2.32. The maximum absolute atomic E-state index is 6.01. The highest BCUT2D eigenvalue weighted by molar-refractivity contribution is 7.12. The molecule has 1 saturated heterocycles. The molecule has 1 fully saturated rings. The van der Waals surface area contributed by atoms with Crippen LogP contribution in [0.3, 0.4) is 0 Å². The molecule has 108 valence electrons. The molecule has 0 saturated carbocycles. The summed E-state index contributed by atoms with van der Waals surface area (Å²) in [6.07, 6.45) is 2.57. The van der Waals surface area contributed by atoms with Crippen LogP contribution in [0.1, 0.15) is 36.1 Å². The monoisotopic (exact) mass is 282 g/mol. The highest BCUT2D eigenvalue weighted by Crippen LogP contribution is 2.33. The van der Waals surface area contributed by atoms with Gasteiger partial charge in [0, 0.05) is 22.8 Å². The molecule has 2 atom stereocenters. The van der Waals surface area contributed by atoms with Crippen LogP contribution in [0, 0.1) is 0 Å². The van der Waals surface area contributed by atoms with Gasteiger partial charge in [-0.15, -0.1) is 11.3 Å². The van der Waals surface area contributed by atoms with Crippen LogP contribution >= 0.6 is 11.3 Å². The van der Waals surface area contributed by atoms with Crippen LogP contribution < -0.4 is 5.32 Å². The van der Waals surface area contributed by atoms with Gasteiger partial charge in [-0.25, -0.2) is 0 Å². The van der Waals surface area contributed by atoms with Gasteiger partial charge in [-0.05, 0) is 38.6 Å². The number of hydrogen-bond donors (Lipinski definition) is 1. The molecule has 0 aromatic carbocycles. The Labute approximate surface area is 121 Å². The summed E-state index contributed by atoms with van der Waals surface area (Å²) in [4.78, 5) is 5.35. The van der Waals surface area contributed by atoms with E-state index in [2.05, 4.69) is 43.2 Å². The van der Waals surface area contributed by atoms with Gasteiger partial charge in [0.1, 0.15) is 0 Å². The van der Waals surface area contributed by atoms with E-state index in [0.29, 0.717) is 6.04 Å². The number of ether oxygens (including phenoxy) is 1. The van der Waals surface area contributed by atoms with Gasteiger partial charge in [-0.1, -0.05) is 13.8 Å². The summed E-state index contributed by atoms with van der Waals surface area (Å²) in [5, 5.41) is 3.50. The lowest BCUT2D eigenvalue weighted by Crippen LogP contribution is -2.47. The van der Waals surface area contributed by atoms with E-state index in [1.807, 2.05) is 11.3 Å². The van der Waals surface area contributed by atoms with Crippen molar-refractivity contribution in [3.8, 4) is 0 Å². The first kappa shape index (κ1) is 15.0. The predicted octanol–water partition coefficient (Wildman–Crippen LogP) is 2.68. The van der Waals surface area contributed by atoms with Crippen molar-refractivity contribution in [1.29, 1.82) is 0 Å². The standard InChI is InChI=1S/C15H26N2OS/c1-4-8-16-11-13-15(17(3)9-10-18-13)14-7-6-12(5-2)19-14/h6-7,13,15-16H,4-5,8-11H2,1-3H3. The van der Waals surface area contributed by atoms with Crippen molar-refractivity contribution in [1.82, 2.24) is 10.2 Å². The smallest absolute Gasteiger partial charge is 0.0904 e. The van der Waals surface area contributed by atoms with E-state index in [-0.39, 0.29) is 6.10 Å². The van der Waals surface area contributed by atoms with Crippen LogP contribution in [-0.4, -0.2) is 44.3 Å². The van der Waals surface area contributed by atoms with Crippen molar-refractivity contribution in [2.75, 3.05) is 33.3 Å². The van der Waals surface area contributed by atoms with E-state index in [0.717, 1.165) is 32.7 Å². The zero-order valence-corrected chi connectivity index (χ0v) is 13.1. The molecular formula is C15H26N2OS. The molecule has 1 aliphatic rings. The minimum Gasteiger partial charge on any atom is -0.374 e. The number of nitrogens with zero attached hydrogens (tertiary/aromatic N) is 1. The maximum atomic E-state index is 6.01. The van der Waals surface area contributed by atoms with Crippen molar-refractivity contribution in [3.05, 3.63) is 21.9 Å². The lowest BCUT2D eigenvalue weighted by molar-refractivity contribution is -0.0601. The second kappa shape index (κ2) is 7.39. The van der Waals surface area contributed by atoms with Gasteiger partial charge in [0.25, 0.3) is 0 Å². The van der Waals surface area contributed by atoms with E-state index < -0.39 is 0 Å². The predicted molar refractivity (Wildman–Crippen MR) is 82.0 cm³/mol. The summed E-state index contributed by atoms with van der Waals surface area (Å²) in [5.41, 5.74) is 0. The third-order valence-electron chi connectivity index (χ3n) is 3.70. The molecule has 0 spiro atoms. The summed E-state index contributed by atoms with van der Waals surface area (Å²) in [6.45, 7) is 8.30. The molecule has 0 amide bonds. The molecule has 2 heterocycles. The Hall–Kier alpha value is -0.420. The molecule has 0 radical (unpaired) electrons. The van der Waals surface area contributed by atoms with Crippen LogP contribution in [0.4, 0.5) is 0 Å². The number of morpholine rings is 1. The molecule has 0 aliphatic carbocycles. The van der Waals surface area contributed by atoms with Gasteiger partial charge in [-0.2, -0.15) is 0 Å². The molecule has 1 aromatic heterocycles. The Morgan fingerprint density at radius 1 is 1.42 bits per heavy atom. The fourth-order valence-electron chi connectivity index (χ4n) is 2.60. The highest BCUT2D eigenvalue weighted by atomic mass is 32.1. The first-order chi connectivity index (χ1) is 9.26. The zero-order chi connectivity index (χ0) is 13.7. The Morgan fingerprint density at radius 2 is 2.26 bits per heavy atom. The van der Waals surface area contributed by atoms with Crippen LogP contribution in [0.15, 0.2) is 12.1 Å². The zero-order valence-electron chi connectivity index (χ0n) is 12.3. The number of aryl methyl sites for hydroxylation is 1. The first-order valence-electron chi connectivity index (χ1n) is 7.37. The normalized spacial score (nSPS) is 24.8. The molecule has 19 heavy (non-hydrogen) atoms. The molecular weight excluding hydrogens is 256 g/mol. The van der Waals surface area contributed by atoms with Gasteiger partial charge in [0.05, 0.1) is 18.8 Å². The van der Waals surface area contributed by atoms with E-state index in [9.17, 15) is 0 Å².